The van der Waals surface area contributed by atoms with Crippen molar-refractivity contribution in [2.24, 2.45) is 0 Å². The number of aliphatic hydroxyl groups excluding tert-OH is 1. The Morgan fingerprint density at radius 3 is 2.88 bits per heavy atom. The Morgan fingerprint density at radius 1 is 1.12 bits per heavy atom. The Labute approximate surface area is 102 Å². The molecule has 2 unspecified atom stereocenters. The van der Waals surface area contributed by atoms with E-state index in [2.05, 4.69) is 29.2 Å². The normalized spacial score (nSPS) is 30.3. The van der Waals surface area contributed by atoms with E-state index >= 15 is 0 Å². The number of nitrogens with zero attached hydrogens (tertiary/aromatic N) is 1. The molecule has 0 aromatic heterocycles. The van der Waals surface area contributed by atoms with Crippen molar-refractivity contribution in [1.82, 2.24) is 4.90 Å². The van der Waals surface area contributed by atoms with Crippen LogP contribution in [0.3, 0.4) is 0 Å². The molecule has 0 radical (unpaired) electrons. The van der Waals surface area contributed by atoms with E-state index in [0.29, 0.717) is 0 Å². The minimum absolute atomic E-state index is 0.193. The Kier molecular flexibility index (Phi) is 1.92. The summed E-state index contributed by atoms with van der Waals surface area (Å²) in [4.78, 5) is 2.51. The molecule has 1 aliphatic carbocycles. The summed E-state index contributed by atoms with van der Waals surface area (Å²) in [7, 11) is 0. The summed E-state index contributed by atoms with van der Waals surface area (Å²) in [6.07, 6.45) is 2.99. The van der Waals surface area contributed by atoms with Crippen LogP contribution < -0.4 is 0 Å². The average molecular weight is 227 g/mol. The van der Waals surface area contributed by atoms with E-state index in [1.54, 1.807) is 0 Å². The fourth-order valence-electron chi connectivity index (χ4n) is 3.83. The van der Waals surface area contributed by atoms with Crippen LogP contribution in [0.25, 0.3) is 0 Å². The molecule has 2 nitrogen and oxygen atoms in total. The van der Waals surface area contributed by atoms with Crippen LogP contribution in [-0.2, 0) is 6.42 Å². The first-order valence-corrected chi connectivity index (χ1v) is 6.57. The van der Waals surface area contributed by atoms with Gasteiger partial charge >= 0.3 is 0 Å². The van der Waals surface area contributed by atoms with Gasteiger partial charge in [0.25, 0.3) is 0 Å². The van der Waals surface area contributed by atoms with Crippen LogP contribution in [0.4, 0.5) is 0 Å². The maximum atomic E-state index is 10.3. The van der Waals surface area contributed by atoms with Gasteiger partial charge in [-0.15, -0.1) is 0 Å². The highest BCUT2D eigenvalue weighted by Gasteiger charge is 2.42. The second-order valence-corrected chi connectivity index (χ2v) is 5.42. The van der Waals surface area contributed by atoms with Crippen molar-refractivity contribution in [1.29, 1.82) is 0 Å². The molecular formula is C15H17NO. The van der Waals surface area contributed by atoms with Crippen LogP contribution in [0.1, 0.15) is 29.9 Å². The van der Waals surface area contributed by atoms with Gasteiger partial charge in [-0.05, 0) is 36.0 Å². The molecule has 2 aliphatic heterocycles. The van der Waals surface area contributed by atoms with Crippen molar-refractivity contribution in [2.75, 3.05) is 13.1 Å². The first-order valence-electron chi connectivity index (χ1n) is 6.57. The zero-order chi connectivity index (χ0) is 11.4. The molecule has 2 heterocycles. The molecule has 4 rings (SSSR count). The zero-order valence-corrected chi connectivity index (χ0v) is 9.89. The molecule has 0 fully saturated rings. The molecule has 0 amide bonds. The van der Waals surface area contributed by atoms with E-state index in [1.165, 1.54) is 35.4 Å². The SMILES string of the molecule is OC1CC2=C3C1c1ccccc1CCN3CC2. The monoisotopic (exact) mass is 227 g/mol. The van der Waals surface area contributed by atoms with Gasteiger partial charge in [0.15, 0.2) is 0 Å². The van der Waals surface area contributed by atoms with Crippen molar-refractivity contribution in [3.8, 4) is 0 Å². The highest BCUT2D eigenvalue weighted by Crippen LogP contribution is 2.48. The minimum Gasteiger partial charge on any atom is -0.392 e. The molecule has 0 spiro atoms. The van der Waals surface area contributed by atoms with Gasteiger partial charge in [0, 0.05) is 18.8 Å². The van der Waals surface area contributed by atoms with E-state index in [4.69, 9.17) is 0 Å². The Hall–Kier alpha value is -1.28. The van der Waals surface area contributed by atoms with Gasteiger partial charge in [0.2, 0.25) is 0 Å². The van der Waals surface area contributed by atoms with Crippen molar-refractivity contribution < 1.29 is 5.11 Å². The lowest BCUT2D eigenvalue weighted by molar-refractivity contribution is 0.155. The quantitative estimate of drug-likeness (QED) is 0.733. The molecule has 1 aromatic carbocycles. The van der Waals surface area contributed by atoms with Gasteiger partial charge in [-0.3, -0.25) is 0 Å². The molecule has 0 saturated carbocycles. The van der Waals surface area contributed by atoms with Gasteiger partial charge in [0.05, 0.1) is 12.0 Å². The molecule has 1 N–H and O–H groups in total. The molecule has 3 aliphatic rings. The summed E-state index contributed by atoms with van der Waals surface area (Å²) in [6.45, 7) is 2.29. The van der Waals surface area contributed by atoms with E-state index in [0.717, 1.165) is 19.4 Å². The number of rotatable bonds is 0. The number of benzene rings is 1. The highest BCUT2D eigenvalue weighted by molar-refractivity contribution is 5.45. The van der Waals surface area contributed by atoms with Gasteiger partial charge in [-0.1, -0.05) is 24.3 Å². The highest BCUT2D eigenvalue weighted by atomic mass is 16.3. The number of hydrogen-bond acceptors (Lipinski definition) is 2. The third-order valence-electron chi connectivity index (χ3n) is 4.56. The molecule has 0 saturated heterocycles. The molecule has 17 heavy (non-hydrogen) atoms. The van der Waals surface area contributed by atoms with E-state index < -0.39 is 0 Å². The average Bonchev–Trinajstić information content (AvgIpc) is 2.80. The summed E-state index contributed by atoms with van der Waals surface area (Å²) in [6, 6.07) is 8.66. The minimum atomic E-state index is -0.193. The fourth-order valence-corrected chi connectivity index (χ4v) is 3.83. The first kappa shape index (κ1) is 9.72. The maximum absolute atomic E-state index is 10.3. The van der Waals surface area contributed by atoms with Crippen LogP contribution in [0, 0.1) is 0 Å². The number of aliphatic hydroxyl groups is 1. The van der Waals surface area contributed by atoms with Crippen LogP contribution in [0.15, 0.2) is 35.5 Å². The predicted molar refractivity (Wildman–Crippen MR) is 66.7 cm³/mol. The van der Waals surface area contributed by atoms with Gasteiger partial charge in [-0.25, -0.2) is 0 Å². The van der Waals surface area contributed by atoms with E-state index in [1.807, 2.05) is 0 Å². The summed E-state index contributed by atoms with van der Waals surface area (Å²) < 4.78 is 0. The molecule has 2 heteroatoms. The lowest BCUT2D eigenvalue weighted by Crippen LogP contribution is -2.26. The van der Waals surface area contributed by atoms with Crippen LogP contribution in [0.5, 0.6) is 0 Å². The lowest BCUT2D eigenvalue weighted by Gasteiger charge is -2.25. The third-order valence-corrected chi connectivity index (χ3v) is 4.56. The lowest BCUT2D eigenvalue weighted by atomic mass is 9.90. The Bertz CT molecular complexity index is 505. The van der Waals surface area contributed by atoms with E-state index in [-0.39, 0.29) is 12.0 Å². The summed E-state index contributed by atoms with van der Waals surface area (Å²) >= 11 is 0. The van der Waals surface area contributed by atoms with Crippen LogP contribution in [0.2, 0.25) is 0 Å². The topological polar surface area (TPSA) is 23.5 Å². The van der Waals surface area contributed by atoms with Gasteiger partial charge in [-0.2, -0.15) is 0 Å². The summed E-state index contributed by atoms with van der Waals surface area (Å²) in [5.41, 5.74) is 5.77. The molecule has 0 bridgehead atoms. The van der Waals surface area contributed by atoms with Crippen molar-refractivity contribution in [3.63, 3.8) is 0 Å². The summed E-state index contributed by atoms with van der Waals surface area (Å²) in [5, 5.41) is 10.3. The standard InChI is InChI=1S/C15H17NO/c17-13-9-11-6-8-16-7-5-10-3-1-2-4-12(10)14(13)15(11)16/h1-4,13-14,17H,5-9H2. The predicted octanol–water partition coefficient (Wildman–Crippen LogP) is 2.05. The third kappa shape index (κ3) is 1.25. The van der Waals surface area contributed by atoms with Crippen molar-refractivity contribution >= 4 is 0 Å². The maximum Gasteiger partial charge on any atom is 0.0701 e. The number of fused-ring (bicyclic) bond motifs is 2. The zero-order valence-electron chi connectivity index (χ0n) is 9.89. The van der Waals surface area contributed by atoms with Crippen LogP contribution >= 0.6 is 0 Å². The smallest absolute Gasteiger partial charge is 0.0701 e. The second kappa shape index (κ2) is 3.36. The van der Waals surface area contributed by atoms with Gasteiger partial charge < -0.3 is 10.0 Å². The largest absolute Gasteiger partial charge is 0.392 e. The molecular weight excluding hydrogens is 210 g/mol. The van der Waals surface area contributed by atoms with E-state index in [9.17, 15) is 5.11 Å². The number of hydrogen-bond donors (Lipinski definition) is 1. The molecule has 1 aromatic rings. The van der Waals surface area contributed by atoms with Crippen molar-refractivity contribution in [3.05, 3.63) is 46.7 Å². The van der Waals surface area contributed by atoms with Crippen LogP contribution in [-0.4, -0.2) is 29.2 Å². The molecule has 88 valence electrons. The Morgan fingerprint density at radius 2 is 1.94 bits per heavy atom. The van der Waals surface area contributed by atoms with Gasteiger partial charge in [0.1, 0.15) is 0 Å². The second-order valence-electron chi connectivity index (χ2n) is 5.42. The van der Waals surface area contributed by atoms with Crippen molar-refractivity contribution in [2.45, 2.75) is 31.3 Å². The molecule has 2 atom stereocenters. The fraction of sp³-hybridized carbons (Fsp3) is 0.467. The Balaban J connectivity index is 1.91. The summed E-state index contributed by atoms with van der Waals surface area (Å²) in [5.74, 6) is 0.256. The first-order chi connectivity index (χ1) is 8.34.